The molecule has 1 unspecified atom stereocenters. The van der Waals surface area contributed by atoms with Crippen molar-refractivity contribution in [2.45, 2.75) is 60.4 Å². The fraction of sp³-hybridized carbons (Fsp3) is 1.00. The molecule has 0 aliphatic carbocycles. The van der Waals surface area contributed by atoms with Gasteiger partial charge in [0.2, 0.25) is 0 Å². The van der Waals surface area contributed by atoms with Crippen molar-refractivity contribution in [3.63, 3.8) is 0 Å². The predicted molar refractivity (Wildman–Crippen MR) is 78.3 cm³/mol. The Labute approximate surface area is 105 Å². The van der Waals surface area contributed by atoms with Crippen molar-refractivity contribution in [2.75, 3.05) is 34.2 Å². The summed E-state index contributed by atoms with van der Waals surface area (Å²) in [6.07, 6.45) is 2.52. The Morgan fingerprint density at radius 3 is 1.62 bits per heavy atom. The molecule has 0 spiro atoms. The summed E-state index contributed by atoms with van der Waals surface area (Å²) in [4.78, 5) is 4.68. The van der Waals surface area contributed by atoms with Crippen molar-refractivity contribution in [1.29, 1.82) is 0 Å². The van der Waals surface area contributed by atoms with Gasteiger partial charge in [0.15, 0.2) is 0 Å². The molecule has 0 heterocycles. The van der Waals surface area contributed by atoms with Crippen LogP contribution in [-0.2, 0) is 0 Å². The second-order valence-corrected chi connectivity index (χ2v) is 3.92. The molecule has 0 fully saturated rings. The van der Waals surface area contributed by atoms with E-state index < -0.39 is 0 Å². The zero-order chi connectivity index (χ0) is 13.6. The second-order valence-electron chi connectivity index (χ2n) is 3.92. The average Bonchev–Trinajstić information content (AvgIpc) is 2.31. The van der Waals surface area contributed by atoms with Crippen molar-refractivity contribution in [3.8, 4) is 0 Å². The summed E-state index contributed by atoms with van der Waals surface area (Å²) in [5, 5.41) is 0. The topological polar surface area (TPSA) is 6.48 Å². The van der Waals surface area contributed by atoms with E-state index in [9.17, 15) is 0 Å². The molecule has 16 heavy (non-hydrogen) atoms. The minimum Gasteiger partial charge on any atom is -0.309 e. The zero-order valence-corrected chi connectivity index (χ0v) is 13.3. The fourth-order valence-corrected chi connectivity index (χ4v) is 1.24. The van der Waals surface area contributed by atoms with Crippen LogP contribution in [-0.4, -0.2) is 50.1 Å². The van der Waals surface area contributed by atoms with Crippen molar-refractivity contribution in [3.05, 3.63) is 0 Å². The van der Waals surface area contributed by atoms with Crippen LogP contribution in [0.15, 0.2) is 0 Å². The first-order valence-corrected chi connectivity index (χ1v) is 6.93. The van der Waals surface area contributed by atoms with E-state index in [-0.39, 0.29) is 0 Å². The maximum absolute atomic E-state index is 2.43. The number of hydrogen-bond acceptors (Lipinski definition) is 2. The van der Waals surface area contributed by atoms with E-state index in [1.807, 2.05) is 27.7 Å². The quantitative estimate of drug-likeness (QED) is 0.688. The highest BCUT2D eigenvalue weighted by atomic mass is 15.1. The zero-order valence-electron chi connectivity index (χ0n) is 13.3. The maximum Gasteiger partial charge on any atom is 0.00760 e. The third kappa shape index (κ3) is 16.4. The molecule has 0 bridgehead atoms. The first-order chi connectivity index (χ1) is 7.57. The Hall–Kier alpha value is -0.0800. The van der Waals surface area contributed by atoms with Crippen LogP contribution in [0, 0.1) is 0 Å². The monoisotopic (exact) mass is 232 g/mol. The average molecular weight is 232 g/mol. The SMILES string of the molecule is CC.CC.CCCN(C)C(C)CCN(C)C. The smallest absolute Gasteiger partial charge is 0.00760 e. The molecule has 0 aromatic heterocycles. The van der Waals surface area contributed by atoms with Gasteiger partial charge in [-0.1, -0.05) is 34.6 Å². The number of nitrogens with zero attached hydrogens (tertiary/aromatic N) is 2. The fourth-order valence-electron chi connectivity index (χ4n) is 1.24. The van der Waals surface area contributed by atoms with Gasteiger partial charge in [0, 0.05) is 6.04 Å². The lowest BCUT2D eigenvalue weighted by Crippen LogP contribution is -2.32. The van der Waals surface area contributed by atoms with Gasteiger partial charge >= 0.3 is 0 Å². The van der Waals surface area contributed by atoms with Gasteiger partial charge in [-0.2, -0.15) is 0 Å². The standard InChI is InChI=1S/C10H24N2.2C2H6/c1-6-8-12(5)10(2)7-9-11(3)4;2*1-2/h10H,6-9H2,1-5H3;2*1-2H3. The van der Waals surface area contributed by atoms with E-state index in [1.54, 1.807) is 0 Å². The molecule has 0 amide bonds. The normalized spacial score (nSPS) is 11.4. The molecular weight excluding hydrogens is 196 g/mol. The third-order valence-corrected chi connectivity index (χ3v) is 2.32. The van der Waals surface area contributed by atoms with Crippen LogP contribution in [0.2, 0.25) is 0 Å². The summed E-state index contributed by atoms with van der Waals surface area (Å²) >= 11 is 0. The summed E-state index contributed by atoms with van der Waals surface area (Å²) in [6.45, 7) is 14.9. The molecule has 0 radical (unpaired) electrons. The number of rotatable bonds is 6. The van der Waals surface area contributed by atoms with Crippen LogP contribution in [0.1, 0.15) is 54.4 Å². The minimum absolute atomic E-state index is 0.715. The van der Waals surface area contributed by atoms with E-state index in [1.165, 1.54) is 25.9 Å². The lowest BCUT2D eigenvalue weighted by molar-refractivity contribution is 0.228. The molecule has 2 heteroatoms. The van der Waals surface area contributed by atoms with E-state index >= 15 is 0 Å². The lowest BCUT2D eigenvalue weighted by atomic mass is 10.2. The molecule has 0 saturated carbocycles. The molecule has 2 nitrogen and oxygen atoms in total. The first kappa shape index (κ1) is 21.2. The Bertz CT molecular complexity index is 103. The van der Waals surface area contributed by atoms with Gasteiger partial charge in [0.1, 0.15) is 0 Å². The summed E-state index contributed by atoms with van der Waals surface area (Å²) in [5.41, 5.74) is 0. The van der Waals surface area contributed by atoms with E-state index in [0.29, 0.717) is 6.04 Å². The summed E-state index contributed by atoms with van der Waals surface area (Å²) in [5.74, 6) is 0. The van der Waals surface area contributed by atoms with Gasteiger partial charge in [-0.3, -0.25) is 0 Å². The molecule has 0 saturated heterocycles. The second kappa shape index (κ2) is 17.3. The van der Waals surface area contributed by atoms with Crippen LogP contribution in [0.3, 0.4) is 0 Å². The summed E-state index contributed by atoms with van der Waals surface area (Å²) < 4.78 is 0. The molecule has 0 aromatic carbocycles. The van der Waals surface area contributed by atoms with Gasteiger partial charge in [0.25, 0.3) is 0 Å². The van der Waals surface area contributed by atoms with E-state index in [0.717, 1.165) is 0 Å². The minimum atomic E-state index is 0.715. The van der Waals surface area contributed by atoms with E-state index in [2.05, 4.69) is 44.8 Å². The van der Waals surface area contributed by atoms with Gasteiger partial charge in [0.05, 0.1) is 0 Å². The Morgan fingerprint density at radius 1 is 0.875 bits per heavy atom. The molecule has 102 valence electrons. The molecule has 0 aliphatic rings. The highest BCUT2D eigenvalue weighted by Crippen LogP contribution is 2.01. The molecule has 0 rings (SSSR count). The van der Waals surface area contributed by atoms with E-state index in [4.69, 9.17) is 0 Å². The Balaban J connectivity index is -0.000000376. The van der Waals surface area contributed by atoms with Crippen LogP contribution in [0.5, 0.6) is 0 Å². The van der Waals surface area contributed by atoms with Crippen LogP contribution in [0.25, 0.3) is 0 Å². The predicted octanol–water partition coefficient (Wildman–Crippen LogP) is 3.72. The van der Waals surface area contributed by atoms with Crippen molar-refractivity contribution in [2.24, 2.45) is 0 Å². The molecule has 0 aromatic rings. The summed E-state index contributed by atoms with van der Waals surface area (Å²) in [6, 6.07) is 0.715. The van der Waals surface area contributed by atoms with Crippen molar-refractivity contribution < 1.29 is 0 Å². The molecule has 1 atom stereocenters. The highest BCUT2D eigenvalue weighted by Gasteiger charge is 2.07. The van der Waals surface area contributed by atoms with Crippen molar-refractivity contribution >= 4 is 0 Å². The summed E-state index contributed by atoms with van der Waals surface area (Å²) in [7, 11) is 6.48. The highest BCUT2D eigenvalue weighted by molar-refractivity contribution is 4.63. The van der Waals surface area contributed by atoms with Crippen LogP contribution >= 0.6 is 0 Å². The van der Waals surface area contributed by atoms with Crippen molar-refractivity contribution in [1.82, 2.24) is 9.80 Å². The van der Waals surface area contributed by atoms with Gasteiger partial charge < -0.3 is 9.80 Å². The lowest BCUT2D eigenvalue weighted by Gasteiger charge is -2.25. The van der Waals surface area contributed by atoms with Crippen LogP contribution < -0.4 is 0 Å². The molecular formula is C14H36N2. The first-order valence-electron chi connectivity index (χ1n) is 6.93. The van der Waals surface area contributed by atoms with Gasteiger partial charge in [-0.15, -0.1) is 0 Å². The van der Waals surface area contributed by atoms with Gasteiger partial charge in [-0.05, 0) is 54.0 Å². The maximum atomic E-state index is 2.43. The Kier molecular flexibility index (Phi) is 23.0. The number of hydrogen-bond donors (Lipinski definition) is 0. The largest absolute Gasteiger partial charge is 0.309 e. The third-order valence-electron chi connectivity index (χ3n) is 2.32. The van der Waals surface area contributed by atoms with Gasteiger partial charge in [-0.25, -0.2) is 0 Å². The van der Waals surface area contributed by atoms with Crippen LogP contribution in [0.4, 0.5) is 0 Å². The Morgan fingerprint density at radius 2 is 1.31 bits per heavy atom. The molecule has 0 N–H and O–H groups in total. The molecule has 0 aliphatic heterocycles.